The Hall–Kier alpha value is -2.09. The molecular formula is C18H21ClN2O5. The van der Waals surface area contributed by atoms with Crippen molar-refractivity contribution in [3.63, 3.8) is 0 Å². The quantitative estimate of drug-likeness (QED) is 0.714. The molecule has 1 aromatic carbocycles. The van der Waals surface area contributed by atoms with E-state index in [1.807, 2.05) is 0 Å². The van der Waals surface area contributed by atoms with E-state index in [2.05, 4.69) is 4.90 Å². The molecule has 2 heterocycles. The van der Waals surface area contributed by atoms with Gasteiger partial charge >= 0.3 is 5.97 Å². The fourth-order valence-electron chi connectivity index (χ4n) is 2.88. The lowest BCUT2D eigenvalue weighted by atomic mass is 10.2. The second-order valence-corrected chi connectivity index (χ2v) is 6.59. The summed E-state index contributed by atoms with van der Waals surface area (Å²) in [4.78, 5) is 25.8. The van der Waals surface area contributed by atoms with Crippen LogP contribution in [0.25, 0.3) is 11.3 Å². The lowest BCUT2D eigenvalue weighted by Gasteiger charge is -2.29. The molecule has 1 fully saturated rings. The number of carbonyl (C=O) groups excluding carboxylic acids is 1. The summed E-state index contributed by atoms with van der Waals surface area (Å²) in [6.07, 6.45) is -0.479. The van der Waals surface area contributed by atoms with E-state index in [0.717, 1.165) is 18.7 Å². The van der Waals surface area contributed by atoms with Gasteiger partial charge in [-0.05, 0) is 24.3 Å². The summed E-state index contributed by atoms with van der Waals surface area (Å²) in [6.45, 7) is 4.86. The average Bonchev–Trinajstić information content (AvgIpc) is 2.96. The molecule has 26 heavy (non-hydrogen) atoms. The van der Waals surface area contributed by atoms with Gasteiger partial charge in [0, 0.05) is 37.1 Å². The normalized spacial score (nSPS) is 16.4. The molecule has 8 heteroatoms. The Labute approximate surface area is 156 Å². The van der Waals surface area contributed by atoms with Crippen LogP contribution < -0.4 is 5.56 Å². The van der Waals surface area contributed by atoms with Crippen molar-refractivity contribution in [2.45, 2.75) is 19.6 Å². The van der Waals surface area contributed by atoms with E-state index in [9.17, 15) is 9.59 Å². The first kappa shape index (κ1) is 18.7. The second kappa shape index (κ2) is 8.53. The largest absolute Gasteiger partial charge is 0.459 e. The Balaban J connectivity index is 1.74. The summed E-state index contributed by atoms with van der Waals surface area (Å²) < 4.78 is 17.6. The van der Waals surface area contributed by atoms with Crippen molar-refractivity contribution in [2.24, 2.45) is 0 Å². The van der Waals surface area contributed by atoms with Crippen LogP contribution in [0, 0.1) is 0 Å². The van der Waals surface area contributed by atoms with E-state index >= 15 is 0 Å². The summed E-state index contributed by atoms with van der Waals surface area (Å²) in [6, 6.07) is 8.44. The summed E-state index contributed by atoms with van der Waals surface area (Å²) in [7, 11) is 0. The Morgan fingerprint density at radius 3 is 2.58 bits per heavy atom. The van der Waals surface area contributed by atoms with Crippen molar-refractivity contribution in [3.8, 4) is 11.3 Å². The van der Waals surface area contributed by atoms with Gasteiger partial charge in [0.1, 0.15) is 6.10 Å². The first-order valence-corrected chi connectivity index (χ1v) is 8.83. The molecular weight excluding hydrogens is 360 g/mol. The molecule has 0 spiro atoms. The minimum Gasteiger partial charge on any atom is -0.459 e. The highest BCUT2D eigenvalue weighted by molar-refractivity contribution is 6.30. The Morgan fingerprint density at radius 2 is 1.92 bits per heavy atom. The molecule has 0 N–H and O–H groups in total. The molecule has 0 amide bonds. The predicted octanol–water partition coefficient (Wildman–Crippen LogP) is 2.03. The standard InChI is InChI=1S/C18H21ClN2O5/c1-13(22)25-16(11-20-6-8-24-9-7-20)12-21-18(23)10-17(26-21)14-2-4-15(19)5-3-14/h2-5,10,16H,6-9,11-12H2,1H3. The third-order valence-electron chi connectivity index (χ3n) is 4.11. The third kappa shape index (κ3) is 4.97. The molecule has 140 valence electrons. The summed E-state index contributed by atoms with van der Waals surface area (Å²) in [5.41, 5.74) is 0.469. The van der Waals surface area contributed by atoms with E-state index in [-0.39, 0.29) is 18.1 Å². The number of benzene rings is 1. The van der Waals surface area contributed by atoms with Crippen molar-refractivity contribution in [3.05, 3.63) is 45.7 Å². The number of hydrogen-bond acceptors (Lipinski definition) is 6. The van der Waals surface area contributed by atoms with E-state index in [1.165, 1.54) is 17.7 Å². The number of halogens is 1. The zero-order chi connectivity index (χ0) is 18.5. The summed E-state index contributed by atoms with van der Waals surface area (Å²) >= 11 is 5.89. The minimum atomic E-state index is -0.479. The smallest absolute Gasteiger partial charge is 0.303 e. The molecule has 0 aliphatic carbocycles. The Morgan fingerprint density at radius 1 is 1.23 bits per heavy atom. The monoisotopic (exact) mass is 380 g/mol. The number of hydrogen-bond donors (Lipinski definition) is 0. The zero-order valence-corrected chi connectivity index (χ0v) is 15.3. The second-order valence-electron chi connectivity index (χ2n) is 6.15. The topological polar surface area (TPSA) is 73.9 Å². The third-order valence-corrected chi connectivity index (χ3v) is 4.36. The van der Waals surface area contributed by atoms with Gasteiger partial charge in [-0.25, -0.2) is 0 Å². The van der Waals surface area contributed by atoms with E-state index in [4.69, 9.17) is 25.6 Å². The molecule has 0 saturated carbocycles. The molecule has 2 aromatic rings. The van der Waals surface area contributed by atoms with Gasteiger partial charge in [0.15, 0.2) is 5.76 Å². The molecule has 1 aliphatic heterocycles. The van der Waals surface area contributed by atoms with Gasteiger partial charge in [0.25, 0.3) is 5.56 Å². The van der Waals surface area contributed by atoms with E-state index in [0.29, 0.717) is 30.5 Å². The lowest BCUT2D eigenvalue weighted by molar-refractivity contribution is -0.149. The van der Waals surface area contributed by atoms with Crippen molar-refractivity contribution in [1.82, 2.24) is 9.64 Å². The number of nitrogens with zero attached hydrogens (tertiary/aromatic N) is 2. The van der Waals surface area contributed by atoms with Crippen LogP contribution in [-0.4, -0.2) is 54.6 Å². The predicted molar refractivity (Wildman–Crippen MR) is 96.2 cm³/mol. The average molecular weight is 381 g/mol. The van der Waals surface area contributed by atoms with Crippen LogP contribution in [0.4, 0.5) is 0 Å². The number of rotatable bonds is 6. The maximum atomic E-state index is 12.3. The van der Waals surface area contributed by atoms with Gasteiger partial charge in [0.05, 0.1) is 25.8 Å². The number of ether oxygens (including phenoxy) is 2. The number of aromatic nitrogens is 1. The first-order valence-electron chi connectivity index (χ1n) is 8.45. The zero-order valence-electron chi connectivity index (χ0n) is 14.5. The molecule has 3 rings (SSSR count). The van der Waals surface area contributed by atoms with E-state index in [1.54, 1.807) is 24.3 Å². The van der Waals surface area contributed by atoms with Crippen LogP contribution in [0.2, 0.25) is 5.02 Å². The minimum absolute atomic E-state index is 0.156. The first-order chi connectivity index (χ1) is 12.5. The fourth-order valence-corrected chi connectivity index (χ4v) is 3.00. The highest BCUT2D eigenvalue weighted by Crippen LogP contribution is 2.20. The van der Waals surface area contributed by atoms with Crippen LogP contribution in [0.5, 0.6) is 0 Å². The van der Waals surface area contributed by atoms with Crippen LogP contribution in [-0.2, 0) is 20.8 Å². The maximum Gasteiger partial charge on any atom is 0.303 e. The molecule has 0 bridgehead atoms. The van der Waals surface area contributed by atoms with Gasteiger partial charge < -0.3 is 14.0 Å². The molecule has 1 saturated heterocycles. The van der Waals surface area contributed by atoms with Crippen LogP contribution >= 0.6 is 11.6 Å². The number of carbonyl (C=O) groups is 1. The molecule has 1 unspecified atom stereocenters. The van der Waals surface area contributed by atoms with Crippen molar-refractivity contribution in [2.75, 3.05) is 32.8 Å². The van der Waals surface area contributed by atoms with Gasteiger partial charge in [0.2, 0.25) is 0 Å². The highest BCUT2D eigenvalue weighted by atomic mass is 35.5. The van der Waals surface area contributed by atoms with Gasteiger partial charge in [-0.2, -0.15) is 4.74 Å². The fraction of sp³-hybridized carbons (Fsp3) is 0.444. The maximum absolute atomic E-state index is 12.3. The number of esters is 1. The van der Waals surface area contributed by atoms with Crippen molar-refractivity contribution >= 4 is 17.6 Å². The summed E-state index contributed by atoms with van der Waals surface area (Å²) in [5, 5.41) is 0.607. The lowest BCUT2D eigenvalue weighted by Crippen LogP contribution is -2.43. The number of morpholine rings is 1. The van der Waals surface area contributed by atoms with Gasteiger partial charge in [-0.3, -0.25) is 14.5 Å². The molecule has 1 atom stereocenters. The van der Waals surface area contributed by atoms with Crippen LogP contribution in [0.1, 0.15) is 6.92 Å². The van der Waals surface area contributed by atoms with Crippen molar-refractivity contribution < 1.29 is 18.8 Å². The molecule has 0 radical (unpaired) electrons. The molecule has 1 aliphatic rings. The molecule has 7 nitrogen and oxygen atoms in total. The van der Waals surface area contributed by atoms with E-state index < -0.39 is 6.10 Å². The van der Waals surface area contributed by atoms with Crippen LogP contribution in [0.15, 0.2) is 39.6 Å². The Kier molecular flexibility index (Phi) is 6.13. The van der Waals surface area contributed by atoms with Crippen molar-refractivity contribution in [1.29, 1.82) is 0 Å². The van der Waals surface area contributed by atoms with Gasteiger partial charge in [-0.1, -0.05) is 11.6 Å². The Bertz CT molecular complexity index is 793. The highest BCUT2D eigenvalue weighted by Gasteiger charge is 2.21. The van der Waals surface area contributed by atoms with Crippen LogP contribution in [0.3, 0.4) is 0 Å². The van der Waals surface area contributed by atoms with Gasteiger partial charge in [-0.15, -0.1) is 0 Å². The SMILES string of the molecule is CC(=O)OC(CN1CCOCC1)Cn1oc(-c2ccc(Cl)cc2)cc1=O. The molecule has 1 aromatic heterocycles. The summed E-state index contributed by atoms with van der Waals surface area (Å²) in [5.74, 6) is 0.0559.